The van der Waals surface area contributed by atoms with Gasteiger partial charge in [-0.25, -0.2) is 4.79 Å². The summed E-state index contributed by atoms with van der Waals surface area (Å²) < 4.78 is 0. The molecule has 2 rings (SSSR count). The minimum absolute atomic E-state index is 0.0799. The van der Waals surface area contributed by atoms with Gasteiger partial charge in [0, 0.05) is 0 Å². The number of carbonyl (C=O) groups is 3. The van der Waals surface area contributed by atoms with Crippen LogP contribution in [0, 0.1) is 0 Å². The van der Waals surface area contributed by atoms with Gasteiger partial charge in [0.15, 0.2) is 0 Å². The molecule has 0 radical (unpaired) electrons. The Morgan fingerprint density at radius 2 is 1.56 bits per heavy atom. The molecule has 25 heavy (non-hydrogen) atoms. The molecular weight excluding hydrogens is 322 g/mol. The molecule has 0 saturated carbocycles. The largest absolute Gasteiger partial charge is 0.465 e. The third kappa shape index (κ3) is 5.65. The fraction of sp³-hybridized carbons (Fsp3) is 0.167. The second-order valence-corrected chi connectivity index (χ2v) is 5.44. The Balaban J connectivity index is 2.13. The average molecular weight is 341 g/mol. The summed E-state index contributed by atoms with van der Waals surface area (Å²) in [7, 11) is 0. The minimum atomic E-state index is -1.30. The van der Waals surface area contributed by atoms with E-state index in [1.807, 2.05) is 47.8 Å². The SMILES string of the molecule is NC(=O)CC(NC(=O)CNC(=O)O)c1ccc(-c2ccccc2)cc1. The summed E-state index contributed by atoms with van der Waals surface area (Å²) in [6, 6.07) is 16.5. The number of amides is 3. The molecule has 5 N–H and O–H groups in total. The van der Waals surface area contributed by atoms with E-state index in [1.165, 1.54) is 0 Å². The van der Waals surface area contributed by atoms with Crippen molar-refractivity contribution in [1.82, 2.24) is 10.6 Å². The molecular formula is C18H19N3O4. The van der Waals surface area contributed by atoms with Gasteiger partial charge < -0.3 is 21.5 Å². The molecule has 0 aromatic heterocycles. The van der Waals surface area contributed by atoms with Crippen LogP contribution in [0.15, 0.2) is 54.6 Å². The predicted octanol–water partition coefficient (Wildman–Crippen LogP) is 1.65. The Labute approximate surface area is 144 Å². The number of carbonyl (C=O) groups excluding carboxylic acids is 2. The number of hydrogen-bond acceptors (Lipinski definition) is 3. The lowest BCUT2D eigenvalue weighted by Gasteiger charge is -2.18. The van der Waals surface area contributed by atoms with Crippen LogP contribution in [0.2, 0.25) is 0 Å². The summed E-state index contributed by atoms with van der Waals surface area (Å²) in [5, 5.41) is 13.1. The summed E-state index contributed by atoms with van der Waals surface area (Å²) in [5.74, 6) is -1.11. The monoisotopic (exact) mass is 341 g/mol. The summed E-state index contributed by atoms with van der Waals surface area (Å²) in [6.07, 6.45) is -1.38. The second kappa shape index (κ2) is 8.49. The van der Waals surface area contributed by atoms with E-state index in [2.05, 4.69) is 5.32 Å². The normalized spacial score (nSPS) is 11.4. The van der Waals surface area contributed by atoms with E-state index in [4.69, 9.17) is 10.8 Å². The number of rotatable bonds is 7. The molecule has 0 saturated heterocycles. The van der Waals surface area contributed by atoms with Crippen molar-refractivity contribution in [3.8, 4) is 11.1 Å². The second-order valence-electron chi connectivity index (χ2n) is 5.44. The van der Waals surface area contributed by atoms with Crippen molar-refractivity contribution in [3.63, 3.8) is 0 Å². The molecule has 0 fully saturated rings. The highest BCUT2D eigenvalue weighted by molar-refractivity contribution is 5.83. The zero-order valence-electron chi connectivity index (χ0n) is 13.4. The number of hydrogen-bond donors (Lipinski definition) is 4. The lowest BCUT2D eigenvalue weighted by atomic mass is 9.99. The molecule has 1 atom stereocenters. The Hall–Kier alpha value is -3.35. The smallest absolute Gasteiger partial charge is 0.405 e. The molecule has 130 valence electrons. The topological polar surface area (TPSA) is 122 Å². The fourth-order valence-electron chi connectivity index (χ4n) is 2.39. The van der Waals surface area contributed by atoms with Gasteiger partial charge in [0.05, 0.1) is 12.5 Å². The van der Waals surface area contributed by atoms with Crippen LogP contribution in [0.25, 0.3) is 11.1 Å². The molecule has 2 aromatic rings. The molecule has 1 unspecified atom stereocenters. The van der Waals surface area contributed by atoms with E-state index in [9.17, 15) is 14.4 Å². The minimum Gasteiger partial charge on any atom is -0.465 e. The molecule has 0 heterocycles. The Morgan fingerprint density at radius 3 is 2.12 bits per heavy atom. The number of benzene rings is 2. The van der Waals surface area contributed by atoms with Gasteiger partial charge in [0.1, 0.15) is 6.54 Å². The van der Waals surface area contributed by atoms with Crippen molar-refractivity contribution in [2.45, 2.75) is 12.5 Å². The highest BCUT2D eigenvalue weighted by Gasteiger charge is 2.17. The van der Waals surface area contributed by atoms with Crippen LogP contribution in [0.5, 0.6) is 0 Å². The first-order valence-corrected chi connectivity index (χ1v) is 7.65. The standard InChI is InChI=1S/C18H19N3O4/c19-16(22)10-15(21-17(23)11-20-18(24)25)14-8-6-13(7-9-14)12-4-2-1-3-5-12/h1-9,15,20H,10-11H2,(H2,19,22)(H,21,23)(H,24,25). The van der Waals surface area contributed by atoms with Crippen LogP contribution in [0.4, 0.5) is 4.79 Å². The summed E-state index contributed by atoms with van der Waals surface area (Å²) in [6.45, 7) is -0.396. The van der Waals surface area contributed by atoms with E-state index in [1.54, 1.807) is 12.1 Å². The van der Waals surface area contributed by atoms with Crippen LogP contribution < -0.4 is 16.4 Å². The summed E-state index contributed by atoms with van der Waals surface area (Å²) in [5.41, 5.74) is 8.01. The van der Waals surface area contributed by atoms with Gasteiger partial charge in [-0.3, -0.25) is 9.59 Å². The van der Waals surface area contributed by atoms with Crippen LogP contribution in [0.3, 0.4) is 0 Å². The molecule has 0 bridgehead atoms. The highest BCUT2D eigenvalue weighted by Crippen LogP contribution is 2.23. The van der Waals surface area contributed by atoms with Crippen molar-refractivity contribution in [3.05, 3.63) is 60.2 Å². The van der Waals surface area contributed by atoms with E-state index in [-0.39, 0.29) is 6.42 Å². The molecule has 0 aliphatic heterocycles. The van der Waals surface area contributed by atoms with E-state index >= 15 is 0 Å². The van der Waals surface area contributed by atoms with Gasteiger partial charge in [0.2, 0.25) is 11.8 Å². The summed E-state index contributed by atoms with van der Waals surface area (Å²) in [4.78, 5) is 33.5. The van der Waals surface area contributed by atoms with E-state index in [0.29, 0.717) is 5.56 Å². The van der Waals surface area contributed by atoms with Gasteiger partial charge >= 0.3 is 6.09 Å². The molecule has 3 amide bonds. The number of nitrogens with one attached hydrogen (secondary N) is 2. The number of nitrogens with two attached hydrogens (primary N) is 1. The summed E-state index contributed by atoms with van der Waals surface area (Å²) >= 11 is 0. The first kappa shape index (κ1) is 18.0. The van der Waals surface area contributed by atoms with Crippen molar-refractivity contribution in [2.24, 2.45) is 5.73 Å². The van der Waals surface area contributed by atoms with Crippen LogP contribution in [0.1, 0.15) is 18.0 Å². The number of primary amides is 1. The van der Waals surface area contributed by atoms with E-state index in [0.717, 1.165) is 11.1 Å². The maximum Gasteiger partial charge on any atom is 0.405 e. The molecule has 0 spiro atoms. The van der Waals surface area contributed by atoms with Crippen molar-refractivity contribution < 1.29 is 19.5 Å². The average Bonchev–Trinajstić information content (AvgIpc) is 2.60. The van der Waals surface area contributed by atoms with Gasteiger partial charge in [-0.1, -0.05) is 54.6 Å². The molecule has 7 nitrogen and oxygen atoms in total. The Kier molecular flexibility index (Phi) is 6.11. The lowest BCUT2D eigenvalue weighted by molar-refractivity contribution is -0.122. The maximum absolute atomic E-state index is 11.8. The fourth-order valence-corrected chi connectivity index (χ4v) is 2.39. The van der Waals surface area contributed by atoms with Gasteiger partial charge in [-0.15, -0.1) is 0 Å². The quantitative estimate of drug-likeness (QED) is 0.612. The first-order chi connectivity index (χ1) is 12.0. The number of carboxylic acid groups (broad SMARTS) is 1. The Bertz CT molecular complexity index is 745. The van der Waals surface area contributed by atoms with E-state index < -0.39 is 30.5 Å². The zero-order chi connectivity index (χ0) is 18.2. The maximum atomic E-state index is 11.8. The van der Waals surface area contributed by atoms with Crippen molar-refractivity contribution >= 4 is 17.9 Å². The first-order valence-electron chi connectivity index (χ1n) is 7.65. The third-order valence-corrected chi connectivity index (χ3v) is 3.56. The van der Waals surface area contributed by atoms with Crippen LogP contribution in [-0.4, -0.2) is 29.6 Å². The molecule has 0 aliphatic carbocycles. The van der Waals surface area contributed by atoms with Crippen LogP contribution >= 0.6 is 0 Å². The van der Waals surface area contributed by atoms with Crippen LogP contribution in [-0.2, 0) is 9.59 Å². The zero-order valence-corrected chi connectivity index (χ0v) is 13.4. The van der Waals surface area contributed by atoms with Gasteiger partial charge in [-0.2, -0.15) is 0 Å². The molecule has 0 aliphatic rings. The Morgan fingerprint density at radius 1 is 0.960 bits per heavy atom. The van der Waals surface area contributed by atoms with Crippen molar-refractivity contribution in [2.75, 3.05) is 6.54 Å². The molecule has 7 heteroatoms. The highest BCUT2D eigenvalue weighted by atomic mass is 16.4. The lowest BCUT2D eigenvalue weighted by Crippen LogP contribution is -2.39. The van der Waals surface area contributed by atoms with Crippen molar-refractivity contribution in [1.29, 1.82) is 0 Å². The third-order valence-electron chi connectivity index (χ3n) is 3.56. The van der Waals surface area contributed by atoms with Gasteiger partial charge in [-0.05, 0) is 16.7 Å². The molecule has 2 aromatic carbocycles. The predicted molar refractivity (Wildman–Crippen MR) is 92.6 cm³/mol. The van der Waals surface area contributed by atoms with Gasteiger partial charge in [0.25, 0.3) is 0 Å².